The van der Waals surface area contributed by atoms with Gasteiger partial charge >= 0.3 is 0 Å². The lowest BCUT2D eigenvalue weighted by Crippen LogP contribution is -2.26. The van der Waals surface area contributed by atoms with Crippen molar-refractivity contribution in [2.75, 3.05) is 11.4 Å². The summed E-state index contributed by atoms with van der Waals surface area (Å²) in [6.07, 6.45) is 2.11. The minimum atomic E-state index is 0.00844. The van der Waals surface area contributed by atoms with Gasteiger partial charge in [-0.25, -0.2) is 9.97 Å². The second-order valence-corrected chi connectivity index (χ2v) is 4.84. The highest BCUT2D eigenvalue weighted by atomic mass is 35.5. The first-order valence-electron chi connectivity index (χ1n) is 4.77. The van der Waals surface area contributed by atoms with Crippen LogP contribution < -0.4 is 4.90 Å². The summed E-state index contributed by atoms with van der Waals surface area (Å²) in [4.78, 5) is 21.2. The van der Waals surface area contributed by atoms with Crippen molar-refractivity contribution < 1.29 is 4.79 Å². The van der Waals surface area contributed by atoms with Gasteiger partial charge in [-0.05, 0) is 23.1 Å². The van der Waals surface area contributed by atoms with E-state index in [9.17, 15) is 4.79 Å². The Morgan fingerprint density at radius 1 is 1.53 bits per heavy atom. The Kier molecular flexibility index (Phi) is 2.38. The van der Waals surface area contributed by atoms with Crippen LogP contribution in [0.5, 0.6) is 0 Å². The molecule has 4 nitrogen and oxygen atoms in total. The summed E-state index contributed by atoms with van der Waals surface area (Å²) < 4.78 is 0. The zero-order valence-corrected chi connectivity index (χ0v) is 9.45. The van der Waals surface area contributed by atoms with Crippen molar-refractivity contribution in [3.8, 4) is 0 Å². The number of halogens is 1. The summed E-state index contributed by atoms with van der Waals surface area (Å²) in [5.74, 6) is 0.681. The van der Waals surface area contributed by atoms with Crippen LogP contribution in [0.4, 0.5) is 5.82 Å². The number of carbonyl (C=O) groups excluding carboxylic acids is 1. The van der Waals surface area contributed by atoms with E-state index >= 15 is 0 Å². The summed E-state index contributed by atoms with van der Waals surface area (Å²) in [7, 11) is 0. The average molecular weight is 226 g/mol. The van der Waals surface area contributed by atoms with E-state index < -0.39 is 0 Å². The Labute approximate surface area is 93.3 Å². The van der Waals surface area contributed by atoms with Crippen molar-refractivity contribution in [3.63, 3.8) is 0 Å². The second-order valence-electron chi connectivity index (χ2n) is 4.50. The Morgan fingerprint density at radius 2 is 2.27 bits per heavy atom. The van der Waals surface area contributed by atoms with Crippen LogP contribution in [-0.2, 0) is 4.79 Å². The molecule has 0 radical (unpaired) electrons. The van der Waals surface area contributed by atoms with E-state index in [2.05, 4.69) is 23.8 Å². The summed E-state index contributed by atoms with van der Waals surface area (Å²) in [6, 6.07) is 1.70. The molecule has 2 heterocycles. The monoisotopic (exact) mass is 225 g/mol. The number of aromatic nitrogens is 2. The van der Waals surface area contributed by atoms with E-state index in [1.807, 2.05) is 0 Å². The van der Waals surface area contributed by atoms with Crippen molar-refractivity contribution >= 4 is 23.3 Å². The third-order valence-corrected chi connectivity index (χ3v) is 2.59. The van der Waals surface area contributed by atoms with Gasteiger partial charge in [0.1, 0.15) is 5.82 Å². The molecule has 0 aliphatic carbocycles. The second kappa shape index (κ2) is 3.45. The highest BCUT2D eigenvalue weighted by Crippen LogP contribution is 2.32. The van der Waals surface area contributed by atoms with Gasteiger partial charge in [-0.2, -0.15) is 0 Å². The maximum atomic E-state index is 11.7. The molecule has 1 saturated heterocycles. The molecule has 0 N–H and O–H groups in total. The molecule has 1 aliphatic heterocycles. The number of carbonyl (C=O) groups is 1. The summed E-state index contributed by atoms with van der Waals surface area (Å²) in [5.41, 5.74) is 0.00844. The lowest BCUT2D eigenvalue weighted by atomic mass is 9.93. The Morgan fingerprint density at radius 3 is 2.80 bits per heavy atom. The van der Waals surface area contributed by atoms with Crippen molar-refractivity contribution in [3.05, 3.63) is 17.5 Å². The van der Waals surface area contributed by atoms with Gasteiger partial charge < -0.3 is 0 Å². The van der Waals surface area contributed by atoms with Crippen LogP contribution in [0.15, 0.2) is 12.3 Å². The minimum Gasteiger partial charge on any atom is -0.296 e. The molecule has 2 rings (SSSR count). The Hall–Kier alpha value is -1.16. The SMILES string of the molecule is CC1(C)CC(=O)N(c2ccnc(Cl)n2)C1. The molecular formula is C10H12ClN3O. The van der Waals surface area contributed by atoms with Crippen LogP contribution in [0.3, 0.4) is 0 Å². The molecule has 0 aromatic carbocycles. The van der Waals surface area contributed by atoms with E-state index in [1.165, 1.54) is 0 Å². The Bertz CT molecular complexity index is 405. The highest BCUT2D eigenvalue weighted by molar-refractivity contribution is 6.28. The van der Waals surface area contributed by atoms with E-state index in [1.54, 1.807) is 17.2 Å². The van der Waals surface area contributed by atoms with Crippen LogP contribution in [0.25, 0.3) is 0 Å². The first kappa shape index (κ1) is 10.4. The largest absolute Gasteiger partial charge is 0.296 e. The summed E-state index contributed by atoms with van der Waals surface area (Å²) >= 11 is 5.68. The van der Waals surface area contributed by atoms with Crippen molar-refractivity contribution in [2.24, 2.45) is 5.41 Å². The van der Waals surface area contributed by atoms with Crippen LogP contribution in [0.1, 0.15) is 20.3 Å². The van der Waals surface area contributed by atoms with Gasteiger partial charge in [-0.1, -0.05) is 13.8 Å². The fourth-order valence-electron chi connectivity index (χ4n) is 1.76. The quantitative estimate of drug-likeness (QED) is 0.686. The highest BCUT2D eigenvalue weighted by Gasteiger charge is 2.36. The maximum Gasteiger partial charge on any atom is 0.228 e. The summed E-state index contributed by atoms with van der Waals surface area (Å²) in [5, 5.41) is 0.171. The maximum absolute atomic E-state index is 11.7. The van der Waals surface area contributed by atoms with Crippen molar-refractivity contribution in [2.45, 2.75) is 20.3 Å². The Balaban J connectivity index is 2.29. The number of hydrogen-bond acceptors (Lipinski definition) is 3. The number of anilines is 1. The minimum absolute atomic E-state index is 0.00844. The standard InChI is InChI=1S/C10H12ClN3O/c1-10(2)5-8(15)14(6-10)7-3-4-12-9(11)13-7/h3-4H,5-6H2,1-2H3. The zero-order valence-electron chi connectivity index (χ0n) is 8.70. The molecule has 1 aliphatic rings. The van der Waals surface area contributed by atoms with E-state index in [0.29, 0.717) is 18.8 Å². The number of amides is 1. The van der Waals surface area contributed by atoms with Gasteiger partial charge in [0, 0.05) is 19.2 Å². The van der Waals surface area contributed by atoms with Gasteiger partial charge in [0.15, 0.2) is 0 Å². The fraction of sp³-hybridized carbons (Fsp3) is 0.500. The van der Waals surface area contributed by atoms with Crippen LogP contribution in [0, 0.1) is 5.41 Å². The number of nitrogens with zero attached hydrogens (tertiary/aromatic N) is 3. The fourth-order valence-corrected chi connectivity index (χ4v) is 1.91. The molecule has 0 atom stereocenters. The first-order chi connectivity index (χ1) is 6.98. The topological polar surface area (TPSA) is 46.1 Å². The van der Waals surface area contributed by atoms with Crippen LogP contribution in [0.2, 0.25) is 5.28 Å². The van der Waals surface area contributed by atoms with Gasteiger partial charge in [-0.3, -0.25) is 9.69 Å². The predicted octanol–water partition coefficient (Wildman–Crippen LogP) is 1.89. The molecule has 1 aromatic rings. The predicted molar refractivity (Wildman–Crippen MR) is 57.8 cm³/mol. The molecule has 15 heavy (non-hydrogen) atoms. The number of hydrogen-bond donors (Lipinski definition) is 0. The molecule has 0 spiro atoms. The van der Waals surface area contributed by atoms with Gasteiger partial charge in [0.2, 0.25) is 11.2 Å². The third kappa shape index (κ3) is 2.09. The smallest absolute Gasteiger partial charge is 0.228 e. The molecule has 5 heteroatoms. The molecule has 0 unspecified atom stereocenters. The van der Waals surface area contributed by atoms with E-state index in [-0.39, 0.29) is 16.6 Å². The average Bonchev–Trinajstić information content (AvgIpc) is 2.40. The van der Waals surface area contributed by atoms with Gasteiger partial charge in [0.25, 0.3) is 0 Å². The van der Waals surface area contributed by atoms with E-state index in [4.69, 9.17) is 11.6 Å². The normalized spacial score (nSPS) is 19.7. The molecule has 0 bridgehead atoms. The number of rotatable bonds is 1. The lowest BCUT2D eigenvalue weighted by molar-refractivity contribution is -0.117. The lowest BCUT2D eigenvalue weighted by Gasteiger charge is -2.18. The molecular weight excluding hydrogens is 214 g/mol. The van der Waals surface area contributed by atoms with Gasteiger partial charge in [-0.15, -0.1) is 0 Å². The molecule has 80 valence electrons. The summed E-state index contributed by atoms with van der Waals surface area (Å²) in [6.45, 7) is 4.81. The molecule has 1 fully saturated rings. The molecule has 1 amide bonds. The molecule has 1 aromatic heterocycles. The molecule has 0 saturated carbocycles. The van der Waals surface area contributed by atoms with Crippen molar-refractivity contribution in [1.82, 2.24) is 9.97 Å². The zero-order chi connectivity index (χ0) is 11.1. The van der Waals surface area contributed by atoms with Crippen molar-refractivity contribution in [1.29, 1.82) is 0 Å². The first-order valence-corrected chi connectivity index (χ1v) is 5.15. The van der Waals surface area contributed by atoms with Crippen LogP contribution >= 0.6 is 11.6 Å². The van der Waals surface area contributed by atoms with E-state index in [0.717, 1.165) is 0 Å². The van der Waals surface area contributed by atoms with Gasteiger partial charge in [0.05, 0.1) is 0 Å². The van der Waals surface area contributed by atoms with Crippen LogP contribution in [-0.4, -0.2) is 22.4 Å². The third-order valence-electron chi connectivity index (χ3n) is 2.41.